The number of benzene rings is 1. The van der Waals surface area contributed by atoms with Gasteiger partial charge in [0.05, 0.1) is 11.5 Å². The second-order valence-electron chi connectivity index (χ2n) is 6.73. The molecule has 0 unspecified atom stereocenters. The maximum absolute atomic E-state index is 12.8. The van der Waals surface area contributed by atoms with Gasteiger partial charge in [-0.1, -0.05) is 0 Å². The van der Waals surface area contributed by atoms with E-state index in [0.29, 0.717) is 30.8 Å². The van der Waals surface area contributed by atoms with Crippen LogP contribution in [0.4, 0.5) is 0 Å². The zero-order valence-corrected chi connectivity index (χ0v) is 17.4. The summed E-state index contributed by atoms with van der Waals surface area (Å²) in [5, 5.41) is 3.51. The number of carbonyl (C=O) groups excluding carboxylic acids is 1. The molecule has 0 atom stereocenters. The molecule has 8 nitrogen and oxygen atoms in total. The lowest BCUT2D eigenvalue weighted by molar-refractivity contribution is 0.0928. The molecule has 0 saturated heterocycles. The van der Waals surface area contributed by atoms with Gasteiger partial charge in [0.15, 0.2) is 0 Å². The highest BCUT2D eigenvalue weighted by atomic mass is 32.2. The lowest BCUT2D eigenvalue weighted by Crippen LogP contribution is -2.29. The van der Waals surface area contributed by atoms with E-state index in [1.165, 1.54) is 18.4 Å². The lowest BCUT2D eigenvalue weighted by Gasteiger charge is -2.13. The zero-order valence-electron chi connectivity index (χ0n) is 16.6. The first-order valence-electron chi connectivity index (χ1n) is 9.06. The van der Waals surface area contributed by atoms with E-state index in [1.54, 1.807) is 43.8 Å². The molecule has 0 aliphatic carbocycles. The van der Waals surface area contributed by atoms with Crippen LogP contribution in [0.1, 0.15) is 16.1 Å². The number of pyridine rings is 1. The Bertz CT molecular complexity index is 1110. The van der Waals surface area contributed by atoms with E-state index in [1.807, 2.05) is 16.7 Å². The number of hydrogen-bond donors (Lipinski definition) is 1. The number of carbonyl (C=O) groups is 1. The molecule has 154 valence electrons. The largest absolute Gasteiger partial charge is 0.383 e. The molecular weight excluding hydrogens is 392 g/mol. The molecule has 3 aromatic rings. The van der Waals surface area contributed by atoms with Crippen LogP contribution in [0, 0.1) is 0 Å². The van der Waals surface area contributed by atoms with Crippen molar-refractivity contribution < 1.29 is 17.9 Å². The lowest BCUT2D eigenvalue weighted by atomic mass is 10.2. The quantitative estimate of drug-likeness (QED) is 0.564. The third-order valence-electron chi connectivity index (χ3n) is 4.57. The highest BCUT2D eigenvalue weighted by molar-refractivity contribution is 7.89. The van der Waals surface area contributed by atoms with Crippen LogP contribution in [0.5, 0.6) is 0 Å². The standard InChI is InChI=1S/C20H24N4O4S/c1-23(2)29(26,27)17-4-5-18-16(12-17)13-19(20(25)22-10-11-28-3)24(18)14-15-6-8-21-9-7-15/h4-9,12-13H,10-11,14H2,1-3H3,(H,22,25). The molecule has 2 heterocycles. The molecule has 0 radical (unpaired) electrons. The minimum Gasteiger partial charge on any atom is -0.383 e. The molecular formula is C20H24N4O4S. The van der Waals surface area contributed by atoms with Crippen molar-refractivity contribution in [3.63, 3.8) is 0 Å². The minimum absolute atomic E-state index is 0.183. The van der Waals surface area contributed by atoms with Gasteiger partial charge in [0, 0.05) is 57.6 Å². The first kappa shape index (κ1) is 21.0. The van der Waals surface area contributed by atoms with Crippen LogP contribution in [0.25, 0.3) is 10.9 Å². The summed E-state index contributed by atoms with van der Waals surface area (Å²) in [4.78, 5) is 17.0. The average molecular weight is 417 g/mol. The van der Waals surface area contributed by atoms with E-state index in [2.05, 4.69) is 10.3 Å². The number of hydrogen-bond acceptors (Lipinski definition) is 5. The van der Waals surface area contributed by atoms with Gasteiger partial charge in [-0.25, -0.2) is 12.7 Å². The van der Waals surface area contributed by atoms with Gasteiger partial charge in [0.1, 0.15) is 5.69 Å². The topological polar surface area (TPSA) is 93.5 Å². The number of methoxy groups -OCH3 is 1. The van der Waals surface area contributed by atoms with Crippen LogP contribution in [-0.2, 0) is 21.3 Å². The molecule has 3 rings (SSSR count). The van der Waals surface area contributed by atoms with Crippen molar-refractivity contribution in [1.29, 1.82) is 0 Å². The zero-order chi connectivity index (χ0) is 21.0. The fourth-order valence-corrected chi connectivity index (χ4v) is 3.94. The molecule has 1 N–H and O–H groups in total. The van der Waals surface area contributed by atoms with E-state index >= 15 is 0 Å². The summed E-state index contributed by atoms with van der Waals surface area (Å²) in [6.07, 6.45) is 3.39. The number of rotatable bonds is 8. The van der Waals surface area contributed by atoms with Crippen LogP contribution >= 0.6 is 0 Å². The Kier molecular flexibility index (Phi) is 6.31. The maximum atomic E-state index is 12.8. The van der Waals surface area contributed by atoms with Crippen LogP contribution in [-0.4, -0.2) is 62.5 Å². The third-order valence-corrected chi connectivity index (χ3v) is 6.38. The molecule has 29 heavy (non-hydrogen) atoms. The summed E-state index contributed by atoms with van der Waals surface area (Å²) in [5.41, 5.74) is 2.21. The van der Waals surface area contributed by atoms with Crippen LogP contribution in [0.3, 0.4) is 0 Å². The summed E-state index contributed by atoms with van der Waals surface area (Å²) >= 11 is 0. The maximum Gasteiger partial charge on any atom is 0.268 e. The van der Waals surface area contributed by atoms with Crippen molar-refractivity contribution in [2.24, 2.45) is 0 Å². The Hall–Kier alpha value is -2.75. The average Bonchev–Trinajstić information content (AvgIpc) is 3.06. The molecule has 0 fully saturated rings. The molecule has 2 aromatic heterocycles. The van der Waals surface area contributed by atoms with Crippen LogP contribution in [0.15, 0.2) is 53.7 Å². The minimum atomic E-state index is -3.57. The molecule has 0 aliphatic rings. The van der Waals surface area contributed by atoms with E-state index in [-0.39, 0.29) is 10.8 Å². The van der Waals surface area contributed by atoms with Gasteiger partial charge >= 0.3 is 0 Å². The summed E-state index contributed by atoms with van der Waals surface area (Å²) in [7, 11) is 0.977. The van der Waals surface area contributed by atoms with E-state index in [0.717, 1.165) is 11.1 Å². The van der Waals surface area contributed by atoms with Gasteiger partial charge in [-0.05, 0) is 42.0 Å². The van der Waals surface area contributed by atoms with Crippen molar-refractivity contribution in [2.45, 2.75) is 11.4 Å². The molecule has 1 amide bonds. The SMILES string of the molecule is COCCNC(=O)c1cc2cc(S(=O)(=O)N(C)C)ccc2n1Cc1ccncc1. The number of ether oxygens (including phenoxy) is 1. The second kappa shape index (κ2) is 8.73. The molecule has 9 heteroatoms. The van der Waals surface area contributed by atoms with Gasteiger partial charge in [-0.15, -0.1) is 0 Å². The summed E-state index contributed by atoms with van der Waals surface area (Å²) < 4.78 is 33.0. The van der Waals surface area contributed by atoms with Gasteiger partial charge < -0.3 is 14.6 Å². The first-order valence-corrected chi connectivity index (χ1v) is 10.5. The summed E-state index contributed by atoms with van der Waals surface area (Å²) in [6.45, 7) is 1.24. The Morgan fingerprint density at radius 3 is 2.55 bits per heavy atom. The highest BCUT2D eigenvalue weighted by Gasteiger charge is 2.21. The number of nitrogens with zero attached hydrogens (tertiary/aromatic N) is 3. The van der Waals surface area contributed by atoms with E-state index in [4.69, 9.17) is 4.74 Å². The molecule has 1 aromatic carbocycles. The molecule has 0 bridgehead atoms. The summed E-state index contributed by atoms with van der Waals surface area (Å²) in [5.74, 6) is -0.246. The fraction of sp³-hybridized carbons (Fsp3) is 0.300. The Labute approximate surface area is 170 Å². The fourth-order valence-electron chi connectivity index (χ4n) is 3.01. The van der Waals surface area contributed by atoms with Gasteiger partial charge in [0.25, 0.3) is 5.91 Å². The Morgan fingerprint density at radius 2 is 1.90 bits per heavy atom. The van der Waals surface area contributed by atoms with E-state index in [9.17, 15) is 13.2 Å². The monoisotopic (exact) mass is 416 g/mol. The van der Waals surface area contributed by atoms with Gasteiger partial charge in [-0.3, -0.25) is 9.78 Å². The van der Waals surface area contributed by atoms with Gasteiger partial charge in [0.2, 0.25) is 10.0 Å². The van der Waals surface area contributed by atoms with Crippen LogP contribution in [0.2, 0.25) is 0 Å². The normalized spacial score (nSPS) is 11.9. The van der Waals surface area contributed by atoms with Crippen molar-refractivity contribution in [3.05, 3.63) is 60.0 Å². The Balaban J connectivity index is 2.08. The molecule has 0 aliphatic heterocycles. The van der Waals surface area contributed by atoms with Crippen molar-refractivity contribution in [3.8, 4) is 0 Å². The molecule has 0 spiro atoms. The van der Waals surface area contributed by atoms with Crippen LogP contribution < -0.4 is 5.32 Å². The molecule has 0 saturated carbocycles. The number of nitrogens with one attached hydrogen (secondary N) is 1. The number of aromatic nitrogens is 2. The number of fused-ring (bicyclic) bond motifs is 1. The number of amides is 1. The van der Waals surface area contributed by atoms with E-state index < -0.39 is 10.0 Å². The highest BCUT2D eigenvalue weighted by Crippen LogP contribution is 2.25. The third kappa shape index (κ3) is 4.47. The van der Waals surface area contributed by atoms with Crippen molar-refractivity contribution in [2.75, 3.05) is 34.4 Å². The Morgan fingerprint density at radius 1 is 1.17 bits per heavy atom. The first-order chi connectivity index (χ1) is 13.8. The predicted octanol–water partition coefficient (Wildman–Crippen LogP) is 1.71. The predicted molar refractivity (Wildman–Crippen MR) is 110 cm³/mol. The van der Waals surface area contributed by atoms with Gasteiger partial charge in [-0.2, -0.15) is 0 Å². The number of sulfonamides is 1. The second-order valence-corrected chi connectivity index (χ2v) is 8.88. The van der Waals surface area contributed by atoms with Crippen molar-refractivity contribution >= 4 is 26.8 Å². The van der Waals surface area contributed by atoms with Crippen molar-refractivity contribution in [1.82, 2.24) is 19.2 Å². The summed E-state index contributed by atoms with van der Waals surface area (Å²) in [6, 6.07) is 10.4. The smallest absolute Gasteiger partial charge is 0.268 e.